The number of amides is 1. The van der Waals surface area contributed by atoms with Crippen LogP contribution in [0.4, 0.5) is 0 Å². The summed E-state index contributed by atoms with van der Waals surface area (Å²) in [5.74, 6) is -0.210. The molecule has 1 atom stereocenters. The summed E-state index contributed by atoms with van der Waals surface area (Å²) in [6.45, 7) is -0.107. The Balaban J connectivity index is 1.64. The van der Waals surface area contributed by atoms with E-state index in [1.807, 2.05) is 60.8 Å². The first kappa shape index (κ1) is 16.0. The van der Waals surface area contributed by atoms with Crippen LogP contribution in [0.3, 0.4) is 0 Å². The Labute approximate surface area is 140 Å². The first-order valence-electron chi connectivity index (χ1n) is 7.96. The molecule has 0 radical (unpaired) electrons. The summed E-state index contributed by atoms with van der Waals surface area (Å²) in [7, 11) is 0. The highest BCUT2D eigenvalue weighted by molar-refractivity contribution is 5.92. The maximum absolute atomic E-state index is 12.1. The molecule has 0 saturated heterocycles. The molecule has 3 N–H and O–H groups in total. The first-order chi connectivity index (χ1) is 11.8. The molecule has 1 amide bonds. The number of aromatic nitrogens is 1. The van der Waals surface area contributed by atoms with Gasteiger partial charge in [-0.3, -0.25) is 4.79 Å². The van der Waals surface area contributed by atoms with Gasteiger partial charge < -0.3 is 15.4 Å². The van der Waals surface area contributed by atoms with Crippen molar-refractivity contribution in [1.29, 1.82) is 0 Å². The molecule has 0 fully saturated rings. The van der Waals surface area contributed by atoms with Gasteiger partial charge in [-0.25, -0.2) is 0 Å². The van der Waals surface area contributed by atoms with Crippen LogP contribution in [0.1, 0.15) is 11.1 Å². The molecular weight excluding hydrogens is 300 g/mol. The Morgan fingerprint density at radius 1 is 1.12 bits per heavy atom. The van der Waals surface area contributed by atoms with Crippen molar-refractivity contribution in [2.24, 2.45) is 0 Å². The van der Waals surface area contributed by atoms with Crippen molar-refractivity contribution in [2.75, 3.05) is 6.61 Å². The second-order valence-electron chi connectivity index (χ2n) is 5.70. The van der Waals surface area contributed by atoms with Gasteiger partial charge in [-0.1, -0.05) is 48.5 Å². The molecule has 0 aliphatic heterocycles. The lowest BCUT2D eigenvalue weighted by molar-refractivity contribution is -0.117. The third-order valence-electron chi connectivity index (χ3n) is 3.93. The van der Waals surface area contributed by atoms with E-state index in [4.69, 9.17) is 0 Å². The van der Waals surface area contributed by atoms with E-state index in [0.717, 1.165) is 22.0 Å². The topological polar surface area (TPSA) is 65.1 Å². The van der Waals surface area contributed by atoms with Gasteiger partial charge in [0.2, 0.25) is 5.91 Å². The Bertz CT molecular complexity index is 837. The summed E-state index contributed by atoms with van der Waals surface area (Å²) >= 11 is 0. The van der Waals surface area contributed by atoms with Gasteiger partial charge in [-0.15, -0.1) is 0 Å². The Morgan fingerprint density at radius 3 is 2.67 bits per heavy atom. The zero-order valence-electron chi connectivity index (χ0n) is 13.3. The van der Waals surface area contributed by atoms with Crippen molar-refractivity contribution in [1.82, 2.24) is 10.3 Å². The van der Waals surface area contributed by atoms with Gasteiger partial charge in [0.05, 0.1) is 12.6 Å². The molecule has 0 bridgehead atoms. The fourth-order valence-corrected chi connectivity index (χ4v) is 2.71. The summed E-state index contributed by atoms with van der Waals surface area (Å²) in [6, 6.07) is 17.3. The number of para-hydroxylation sites is 1. The van der Waals surface area contributed by atoms with Crippen molar-refractivity contribution >= 4 is 22.9 Å². The van der Waals surface area contributed by atoms with Crippen molar-refractivity contribution < 1.29 is 9.90 Å². The zero-order chi connectivity index (χ0) is 16.8. The third kappa shape index (κ3) is 3.91. The van der Waals surface area contributed by atoms with Gasteiger partial charge in [0.25, 0.3) is 0 Å². The van der Waals surface area contributed by atoms with E-state index in [9.17, 15) is 9.90 Å². The SMILES string of the molecule is O=C(/C=C/c1ccccc1)N[C@@H](CO)Cc1c[nH]c2ccccc12. The predicted octanol–water partition coefficient (Wildman–Crippen LogP) is 2.90. The van der Waals surface area contributed by atoms with E-state index in [1.54, 1.807) is 6.08 Å². The molecule has 122 valence electrons. The van der Waals surface area contributed by atoms with Crippen LogP contribution in [0.25, 0.3) is 17.0 Å². The number of aromatic amines is 1. The predicted molar refractivity (Wildman–Crippen MR) is 96.5 cm³/mol. The van der Waals surface area contributed by atoms with E-state index in [-0.39, 0.29) is 18.6 Å². The van der Waals surface area contributed by atoms with Crippen LogP contribution in [-0.4, -0.2) is 28.6 Å². The van der Waals surface area contributed by atoms with Crippen molar-refractivity contribution in [3.8, 4) is 0 Å². The van der Waals surface area contributed by atoms with Crippen LogP contribution in [0.15, 0.2) is 66.9 Å². The van der Waals surface area contributed by atoms with E-state index in [1.165, 1.54) is 6.08 Å². The lowest BCUT2D eigenvalue weighted by atomic mass is 10.1. The van der Waals surface area contributed by atoms with E-state index in [2.05, 4.69) is 10.3 Å². The van der Waals surface area contributed by atoms with Crippen LogP contribution in [0.2, 0.25) is 0 Å². The molecular formula is C20H20N2O2. The second-order valence-corrected chi connectivity index (χ2v) is 5.70. The maximum Gasteiger partial charge on any atom is 0.244 e. The fraction of sp³-hybridized carbons (Fsp3) is 0.150. The van der Waals surface area contributed by atoms with Crippen LogP contribution in [0.5, 0.6) is 0 Å². The molecule has 0 spiro atoms. The summed E-state index contributed by atoms with van der Waals surface area (Å²) in [5, 5.41) is 13.5. The number of rotatable bonds is 6. The number of hydrogen-bond acceptors (Lipinski definition) is 2. The smallest absolute Gasteiger partial charge is 0.244 e. The molecule has 0 saturated carbocycles. The van der Waals surface area contributed by atoms with Gasteiger partial charge in [-0.2, -0.15) is 0 Å². The molecule has 0 aliphatic rings. The standard InChI is InChI=1S/C20H20N2O2/c23-14-17(12-16-13-21-19-9-5-4-8-18(16)19)22-20(24)11-10-15-6-2-1-3-7-15/h1-11,13,17,21,23H,12,14H2,(H,22,24)/b11-10+/t17-/m1/s1. The molecule has 2 aromatic carbocycles. The number of aliphatic hydroxyl groups excluding tert-OH is 1. The number of carbonyl (C=O) groups is 1. The molecule has 4 nitrogen and oxygen atoms in total. The average molecular weight is 320 g/mol. The molecule has 4 heteroatoms. The summed E-state index contributed by atoms with van der Waals surface area (Å²) in [5.41, 5.74) is 3.10. The Kier molecular flexibility index (Phi) is 5.08. The van der Waals surface area contributed by atoms with E-state index < -0.39 is 0 Å². The Hall–Kier alpha value is -2.85. The first-order valence-corrected chi connectivity index (χ1v) is 7.96. The molecule has 1 aromatic heterocycles. The van der Waals surface area contributed by atoms with Crippen LogP contribution in [-0.2, 0) is 11.2 Å². The van der Waals surface area contributed by atoms with E-state index >= 15 is 0 Å². The minimum absolute atomic E-state index is 0.107. The number of fused-ring (bicyclic) bond motifs is 1. The number of carbonyl (C=O) groups excluding carboxylic acids is 1. The summed E-state index contributed by atoms with van der Waals surface area (Å²) in [6.07, 6.45) is 5.76. The van der Waals surface area contributed by atoms with Crippen molar-refractivity contribution in [2.45, 2.75) is 12.5 Å². The lowest BCUT2D eigenvalue weighted by Crippen LogP contribution is -2.38. The number of nitrogens with one attached hydrogen (secondary N) is 2. The molecule has 24 heavy (non-hydrogen) atoms. The fourth-order valence-electron chi connectivity index (χ4n) is 2.71. The quantitative estimate of drug-likeness (QED) is 0.611. The number of benzene rings is 2. The normalized spacial score (nSPS) is 12.5. The largest absolute Gasteiger partial charge is 0.394 e. The van der Waals surface area contributed by atoms with Crippen molar-refractivity contribution in [3.63, 3.8) is 0 Å². The van der Waals surface area contributed by atoms with Gasteiger partial charge in [-0.05, 0) is 29.7 Å². The molecule has 0 aliphatic carbocycles. The van der Waals surface area contributed by atoms with Crippen LogP contribution in [0, 0.1) is 0 Å². The van der Waals surface area contributed by atoms with Gasteiger partial charge in [0, 0.05) is 23.2 Å². The minimum atomic E-state index is -0.322. The summed E-state index contributed by atoms with van der Waals surface area (Å²) < 4.78 is 0. The van der Waals surface area contributed by atoms with Gasteiger partial charge >= 0.3 is 0 Å². The molecule has 1 heterocycles. The van der Waals surface area contributed by atoms with Crippen molar-refractivity contribution in [3.05, 3.63) is 78.0 Å². The van der Waals surface area contributed by atoms with Crippen LogP contribution >= 0.6 is 0 Å². The summed E-state index contributed by atoms with van der Waals surface area (Å²) in [4.78, 5) is 15.3. The van der Waals surface area contributed by atoms with Gasteiger partial charge in [0.15, 0.2) is 0 Å². The average Bonchev–Trinajstić information content (AvgIpc) is 3.03. The third-order valence-corrected chi connectivity index (χ3v) is 3.93. The number of hydrogen-bond donors (Lipinski definition) is 3. The highest BCUT2D eigenvalue weighted by Crippen LogP contribution is 2.19. The zero-order valence-corrected chi connectivity index (χ0v) is 13.3. The Morgan fingerprint density at radius 2 is 1.88 bits per heavy atom. The second kappa shape index (κ2) is 7.62. The molecule has 0 unspecified atom stereocenters. The van der Waals surface area contributed by atoms with Gasteiger partial charge in [0.1, 0.15) is 0 Å². The minimum Gasteiger partial charge on any atom is -0.394 e. The molecule has 3 rings (SSSR count). The highest BCUT2D eigenvalue weighted by atomic mass is 16.3. The number of H-pyrrole nitrogens is 1. The van der Waals surface area contributed by atoms with E-state index in [0.29, 0.717) is 6.42 Å². The maximum atomic E-state index is 12.1. The number of aliphatic hydroxyl groups is 1. The lowest BCUT2D eigenvalue weighted by Gasteiger charge is -2.14. The van der Waals surface area contributed by atoms with Crippen LogP contribution < -0.4 is 5.32 Å². The monoisotopic (exact) mass is 320 g/mol. The highest BCUT2D eigenvalue weighted by Gasteiger charge is 2.13. The molecule has 3 aromatic rings.